The maximum Gasteiger partial charge on any atom is 0.305 e. The number of rotatable bonds is 5. The molecule has 0 aliphatic heterocycles. The fourth-order valence-electron chi connectivity index (χ4n) is 9.00. The molecule has 0 bridgehead atoms. The van der Waals surface area contributed by atoms with E-state index in [-0.39, 0.29) is 34.8 Å². The van der Waals surface area contributed by atoms with Crippen molar-refractivity contribution in [2.75, 3.05) is 7.11 Å². The fraction of sp³-hybridized carbons (Fsp3) is 0.889. The highest BCUT2D eigenvalue weighted by Crippen LogP contribution is 2.67. The van der Waals surface area contributed by atoms with E-state index in [1.54, 1.807) is 0 Å². The molecule has 4 saturated carbocycles. The van der Waals surface area contributed by atoms with Crippen molar-refractivity contribution < 1.29 is 23.9 Å². The molecule has 4 fully saturated rings. The molecule has 0 spiro atoms. The number of fused-ring (bicyclic) bond motifs is 5. The van der Waals surface area contributed by atoms with E-state index in [0.717, 1.165) is 38.5 Å². The second kappa shape index (κ2) is 8.76. The van der Waals surface area contributed by atoms with Gasteiger partial charge in [0.15, 0.2) is 0 Å². The number of carbonyl (C=O) groups excluding carboxylic acids is 3. The maximum atomic E-state index is 13.8. The largest absolute Gasteiger partial charge is 0.469 e. The Balaban J connectivity index is 1.50. The molecule has 4 aliphatic rings. The molecular formula is C27H42O5. The van der Waals surface area contributed by atoms with Crippen molar-refractivity contribution in [1.82, 2.24) is 0 Å². The van der Waals surface area contributed by atoms with Crippen molar-refractivity contribution >= 4 is 17.7 Å². The standard InChI is InChI=1S/C27H42O5/c1-16(6-11-24(30)31-5)21-9-10-22-20-8-7-18-14-19(32-17(2)28)12-13-26(18,3)25(20)23(29)15-27(21,22)4/h16,18-22,25H,6-15H2,1-5H3/t16-,18+,19+,20-,21+,22-,25+,26+,27-/m1/s1. The lowest BCUT2D eigenvalue weighted by molar-refractivity contribution is -0.169. The summed E-state index contributed by atoms with van der Waals surface area (Å²) >= 11 is 0. The van der Waals surface area contributed by atoms with Gasteiger partial charge in [-0.25, -0.2) is 0 Å². The Labute approximate surface area is 193 Å². The molecule has 0 radical (unpaired) electrons. The number of carbonyl (C=O) groups is 3. The summed E-state index contributed by atoms with van der Waals surface area (Å²) in [4.78, 5) is 37.0. The monoisotopic (exact) mass is 446 g/mol. The van der Waals surface area contributed by atoms with Gasteiger partial charge in [-0.05, 0) is 91.8 Å². The summed E-state index contributed by atoms with van der Waals surface area (Å²) in [5.41, 5.74) is 0.110. The van der Waals surface area contributed by atoms with Crippen molar-refractivity contribution in [2.24, 2.45) is 46.3 Å². The average molecular weight is 447 g/mol. The molecule has 32 heavy (non-hydrogen) atoms. The molecule has 9 atom stereocenters. The number of Topliss-reactive ketones (excluding diaryl/α,β-unsaturated/α-hetero) is 1. The first-order chi connectivity index (χ1) is 15.1. The Kier molecular flexibility index (Phi) is 6.50. The van der Waals surface area contributed by atoms with Crippen LogP contribution in [0.2, 0.25) is 0 Å². The van der Waals surface area contributed by atoms with Gasteiger partial charge in [0.2, 0.25) is 0 Å². The van der Waals surface area contributed by atoms with Crippen LogP contribution in [0.1, 0.15) is 91.9 Å². The molecule has 5 heteroatoms. The Bertz CT molecular complexity index is 761. The maximum absolute atomic E-state index is 13.8. The molecule has 180 valence electrons. The Morgan fingerprint density at radius 3 is 2.53 bits per heavy atom. The predicted molar refractivity (Wildman–Crippen MR) is 122 cm³/mol. The summed E-state index contributed by atoms with van der Waals surface area (Å²) in [5, 5.41) is 0. The van der Waals surface area contributed by atoms with Crippen LogP contribution in [0.4, 0.5) is 0 Å². The number of hydrogen-bond donors (Lipinski definition) is 0. The minimum absolute atomic E-state index is 0.0256. The predicted octanol–water partition coefficient (Wildman–Crippen LogP) is 5.35. The Morgan fingerprint density at radius 2 is 1.84 bits per heavy atom. The third-order valence-corrected chi connectivity index (χ3v) is 10.4. The lowest BCUT2D eigenvalue weighted by Gasteiger charge is -2.60. The third-order valence-electron chi connectivity index (χ3n) is 10.4. The van der Waals surface area contributed by atoms with Gasteiger partial charge in [-0.3, -0.25) is 14.4 Å². The van der Waals surface area contributed by atoms with Crippen molar-refractivity contribution in [3.8, 4) is 0 Å². The molecule has 0 unspecified atom stereocenters. The van der Waals surface area contributed by atoms with Crippen LogP contribution in [0.15, 0.2) is 0 Å². The zero-order valence-corrected chi connectivity index (χ0v) is 20.7. The molecule has 4 aliphatic carbocycles. The molecule has 0 amide bonds. The van der Waals surface area contributed by atoms with Crippen LogP contribution in [0.5, 0.6) is 0 Å². The number of methoxy groups -OCH3 is 1. The van der Waals surface area contributed by atoms with E-state index in [0.29, 0.717) is 48.2 Å². The number of esters is 2. The van der Waals surface area contributed by atoms with Crippen LogP contribution in [0.3, 0.4) is 0 Å². The van der Waals surface area contributed by atoms with E-state index in [1.165, 1.54) is 26.9 Å². The third kappa shape index (κ3) is 3.92. The van der Waals surface area contributed by atoms with E-state index < -0.39 is 0 Å². The van der Waals surface area contributed by atoms with Gasteiger partial charge < -0.3 is 9.47 Å². The van der Waals surface area contributed by atoms with E-state index >= 15 is 0 Å². The lowest BCUT2D eigenvalue weighted by atomic mass is 9.44. The van der Waals surface area contributed by atoms with E-state index in [2.05, 4.69) is 20.8 Å². The molecular weight excluding hydrogens is 404 g/mol. The topological polar surface area (TPSA) is 69.7 Å². The van der Waals surface area contributed by atoms with Gasteiger partial charge in [-0.1, -0.05) is 20.8 Å². The fourth-order valence-corrected chi connectivity index (χ4v) is 9.00. The van der Waals surface area contributed by atoms with Crippen molar-refractivity contribution in [1.29, 1.82) is 0 Å². The summed E-state index contributed by atoms with van der Waals surface area (Å²) in [6, 6.07) is 0. The van der Waals surface area contributed by atoms with Gasteiger partial charge in [0.05, 0.1) is 7.11 Å². The van der Waals surface area contributed by atoms with E-state index in [4.69, 9.17) is 9.47 Å². The zero-order valence-electron chi connectivity index (χ0n) is 20.7. The molecule has 4 rings (SSSR count). The van der Waals surface area contributed by atoms with Crippen LogP contribution in [-0.4, -0.2) is 30.9 Å². The van der Waals surface area contributed by atoms with Crippen LogP contribution >= 0.6 is 0 Å². The molecule has 5 nitrogen and oxygen atoms in total. The van der Waals surface area contributed by atoms with E-state index in [1.807, 2.05) is 0 Å². The smallest absolute Gasteiger partial charge is 0.305 e. The highest BCUT2D eigenvalue weighted by Gasteiger charge is 2.63. The van der Waals surface area contributed by atoms with Crippen LogP contribution < -0.4 is 0 Å². The van der Waals surface area contributed by atoms with Gasteiger partial charge in [-0.15, -0.1) is 0 Å². The van der Waals surface area contributed by atoms with Crippen molar-refractivity contribution in [2.45, 2.75) is 98.0 Å². The van der Waals surface area contributed by atoms with Crippen LogP contribution in [0.25, 0.3) is 0 Å². The van der Waals surface area contributed by atoms with Gasteiger partial charge in [0.1, 0.15) is 11.9 Å². The molecule has 0 saturated heterocycles. The molecule has 0 aromatic heterocycles. The highest BCUT2D eigenvalue weighted by atomic mass is 16.5. The summed E-state index contributed by atoms with van der Waals surface area (Å²) in [5.74, 6) is 2.85. The minimum Gasteiger partial charge on any atom is -0.469 e. The van der Waals surface area contributed by atoms with Gasteiger partial charge in [0.25, 0.3) is 0 Å². The second-order valence-electron chi connectivity index (χ2n) is 12.0. The van der Waals surface area contributed by atoms with Gasteiger partial charge in [0, 0.05) is 25.7 Å². The van der Waals surface area contributed by atoms with Gasteiger partial charge >= 0.3 is 11.9 Å². The highest BCUT2D eigenvalue weighted by molar-refractivity contribution is 5.84. The zero-order chi connectivity index (χ0) is 23.3. The van der Waals surface area contributed by atoms with Crippen LogP contribution in [0, 0.1) is 46.3 Å². The van der Waals surface area contributed by atoms with Crippen molar-refractivity contribution in [3.05, 3.63) is 0 Å². The van der Waals surface area contributed by atoms with Crippen molar-refractivity contribution in [3.63, 3.8) is 0 Å². The summed E-state index contributed by atoms with van der Waals surface area (Å²) in [6.45, 7) is 8.51. The molecule has 0 aromatic carbocycles. The summed E-state index contributed by atoms with van der Waals surface area (Å²) in [6.07, 6.45) is 9.51. The van der Waals surface area contributed by atoms with Gasteiger partial charge in [-0.2, -0.15) is 0 Å². The minimum atomic E-state index is -0.185. The lowest BCUT2D eigenvalue weighted by Crippen LogP contribution is -2.58. The number of hydrogen-bond acceptors (Lipinski definition) is 5. The number of ketones is 1. The first-order valence-corrected chi connectivity index (χ1v) is 12.9. The van der Waals surface area contributed by atoms with E-state index in [9.17, 15) is 14.4 Å². The number of ether oxygens (including phenoxy) is 2. The Hall–Kier alpha value is -1.39. The summed E-state index contributed by atoms with van der Waals surface area (Å²) in [7, 11) is 1.45. The first kappa shape index (κ1) is 23.8. The molecule has 0 N–H and O–H groups in total. The Morgan fingerprint density at radius 1 is 1.09 bits per heavy atom. The molecule has 0 heterocycles. The second-order valence-corrected chi connectivity index (χ2v) is 12.0. The average Bonchev–Trinajstić information content (AvgIpc) is 3.07. The SMILES string of the molecule is COC(=O)CC[C@@H](C)[C@@H]1CC[C@@H]2[C@H]3CC[C@H]4C[C@@H](OC(C)=O)CC[C@]4(C)[C@@H]3C(=O)C[C@@]21C. The van der Waals surface area contributed by atoms with Crippen LogP contribution in [-0.2, 0) is 23.9 Å². The first-order valence-electron chi connectivity index (χ1n) is 12.9. The molecule has 0 aromatic rings. The normalized spacial score (nSPS) is 44.1. The quantitative estimate of drug-likeness (QED) is 0.533. The summed E-state index contributed by atoms with van der Waals surface area (Å²) < 4.78 is 10.4.